The molecule has 2 aliphatic carbocycles. The number of carbonyl (C=O) groups is 2. The van der Waals surface area contributed by atoms with Crippen molar-refractivity contribution in [2.45, 2.75) is 57.5 Å². The highest BCUT2D eigenvalue weighted by Crippen LogP contribution is 2.37. The summed E-state index contributed by atoms with van der Waals surface area (Å²) in [6, 6.07) is 6.39. The number of carboxylic acid groups (broad SMARTS) is 1. The van der Waals surface area contributed by atoms with Crippen LogP contribution in [0.1, 0.15) is 50.5 Å². The topological polar surface area (TPSA) is 57.6 Å². The van der Waals surface area contributed by atoms with Gasteiger partial charge < -0.3 is 10.0 Å². The van der Waals surface area contributed by atoms with Gasteiger partial charge in [-0.1, -0.05) is 31.4 Å². The summed E-state index contributed by atoms with van der Waals surface area (Å²) in [5.74, 6) is -2.14. The van der Waals surface area contributed by atoms with Gasteiger partial charge in [-0.3, -0.25) is 9.59 Å². The molecule has 2 unspecified atom stereocenters. The molecule has 2 fully saturated rings. The highest BCUT2D eigenvalue weighted by atomic mass is 19.1. The molecule has 0 heterocycles. The molecule has 2 atom stereocenters. The third-order valence-corrected chi connectivity index (χ3v) is 5.47. The van der Waals surface area contributed by atoms with Crippen molar-refractivity contribution in [2.75, 3.05) is 0 Å². The van der Waals surface area contributed by atoms with Crippen molar-refractivity contribution in [1.82, 2.24) is 4.90 Å². The van der Waals surface area contributed by atoms with Gasteiger partial charge in [0.2, 0.25) is 5.91 Å². The van der Waals surface area contributed by atoms with Crippen LogP contribution in [-0.4, -0.2) is 27.9 Å². The lowest BCUT2D eigenvalue weighted by atomic mass is 9.72. The minimum atomic E-state index is -0.870. The number of rotatable bonds is 5. The van der Waals surface area contributed by atoms with Crippen LogP contribution in [0.25, 0.3) is 0 Å². The van der Waals surface area contributed by atoms with Gasteiger partial charge in [0.25, 0.3) is 0 Å². The molecule has 0 aliphatic heterocycles. The van der Waals surface area contributed by atoms with Crippen molar-refractivity contribution in [2.24, 2.45) is 11.8 Å². The maximum Gasteiger partial charge on any atom is 0.307 e. The Morgan fingerprint density at radius 2 is 1.62 bits per heavy atom. The molecule has 4 nitrogen and oxygen atoms in total. The summed E-state index contributed by atoms with van der Waals surface area (Å²) in [5, 5.41) is 9.25. The van der Waals surface area contributed by atoms with Crippen LogP contribution in [-0.2, 0) is 16.1 Å². The number of benzene rings is 1. The van der Waals surface area contributed by atoms with Crippen LogP contribution >= 0.6 is 0 Å². The number of carbonyl (C=O) groups excluding carboxylic acids is 1. The quantitative estimate of drug-likeness (QED) is 0.896. The van der Waals surface area contributed by atoms with Gasteiger partial charge in [-0.25, -0.2) is 4.39 Å². The number of carboxylic acids is 1. The Bertz CT molecular complexity index is 595. The van der Waals surface area contributed by atoms with E-state index in [4.69, 9.17) is 0 Å². The molecule has 1 aromatic rings. The van der Waals surface area contributed by atoms with Gasteiger partial charge in [0, 0.05) is 12.6 Å². The van der Waals surface area contributed by atoms with Gasteiger partial charge in [0.1, 0.15) is 5.82 Å². The van der Waals surface area contributed by atoms with Crippen LogP contribution in [0, 0.1) is 17.7 Å². The average Bonchev–Trinajstić information content (AvgIpc) is 2.53. The summed E-state index contributed by atoms with van der Waals surface area (Å²) in [5.41, 5.74) is 0.890. The zero-order valence-corrected chi connectivity index (χ0v) is 13.8. The van der Waals surface area contributed by atoms with Crippen LogP contribution < -0.4 is 0 Å². The molecule has 0 radical (unpaired) electrons. The molecule has 0 saturated heterocycles. The molecule has 0 bridgehead atoms. The number of halogens is 1. The first kappa shape index (κ1) is 16.9. The summed E-state index contributed by atoms with van der Waals surface area (Å²) < 4.78 is 13.1. The van der Waals surface area contributed by atoms with E-state index in [1.807, 2.05) is 4.90 Å². The highest BCUT2D eigenvalue weighted by Gasteiger charge is 2.44. The SMILES string of the molecule is O=C(O)C1CCC1C(=O)N(Cc1ccc(F)cc1)C1CCCCC1. The van der Waals surface area contributed by atoms with E-state index in [0.717, 1.165) is 31.2 Å². The molecule has 24 heavy (non-hydrogen) atoms. The Morgan fingerprint density at radius 3 is 2.17 bits per heavy atom. The minimum absolute atomic E-state index is 0.0372. The third-order valence-electron chi connectivity index (χ3n) is 5.47. The fourth-order valence-electron chi connectivity index (χ4n) is 3.87. The maximum absolute atomic E-state index is 13.1. The van der Waals surface area contributed by atoms with Crippen LogP contribution in [0.3, 0.4) is 0 Å². The highest BCUT2D eigenvalue weighted by molar-refractivity contribution is 5.86. The Morgan fingerprint density at radius 1 is 1.00 bits per heavy atom. The van der Waals surface area contributed by atoms with Gasteiger partial charge in [-0.05, 0) is 43.4 Å². The summed E-state index contributed by atoms with van der Waals surface area (Å²) in [4.78, 5) is 26.1. The first-order chi connectivity index (χ1) is 11.6. The number of hydrogen-bond acceptors (Lipinski definition) is 2. The van der Waals surface area contributed by atoms with Crippen LogP contribution in [0.4, 0.5) is 4.39 Å². The smallest absolute Gasteiger partial charge is 0.307 e. The summed E-state index contributed by atoms with van der Waals surface area (Å²) in [6.45, 7) is 0.437. The molecule has 130 valence electrons. The molecule has 1 N–H and O–H groups in total. The van der Waals surface area contributed by atoms with Crippen LogP contribution in [0.15, 0.2) is 24.3 Å². The largest absolute Gasteiger partial charge is 0.481 e. The molecule has 1 aromatic carbocycles. The average molecular weight is 333 g/mol. The lowest BCUT2D eigenvalue weighted by molar-refractivity contribution is -0.158. The normalized spacial score (nSPS) is 24.2. The Balaban J connectivity index is 1.77. The van der Waals surface area contributed by atoms with Gasteiger partial charge in [-0.2, -0.15) is 0 Å². The number of aliphatic carboxylic acids is 1. The van der Waals surface area contributed by atoms with E-state index in [1.54, 1.807) is 12.1 Å². The fraction of sp³-hybridized carbons (Fsp3) is 0.579. The van der Waals surface area contributed by atoms with Crippen molar-refractivity contribution in [3.05, 3.63) is 35.6 Å². The van der Waals surface area contributed by atoms with E-state index < -0.39 is 17.8 Å². The Hall–Kier alpha value is -1.91. The first-order valence-electron chi connectivity index (χ1n) is 8.84. The third kappa shape index (κ3) is 3.60. The number of amides is 1. The predicted molar refractivity (Wildman–Crippen MR) is 87.7 cm³/mol. The van der Waals surface area contributed by atoms with Crippen LogP contribution in [0.2, 0.25) is 0 Å². The number of nitrogens with zero attached hydrogens (tertiary/aromatic N) is 1. The van der Waals surface area contributed by atoms with E-state index in [9.17, 15) is 19.1 Å². The number of hydrogen-bond donors (Lipinski definition) is 1. The predicted octanol–water partition coefficient (Wildman–Crippen LogP) is 3.60. The van der Waals surface area contributed by atoms with Crippen LogP contribution in [0.5, 0.6) is 0 Å². The first-order valence-corrected chi connectivity index (χ1v) is 8.84. The molecule has 2 aliphatic rings. The van der Waals surface area contributed by atoms with Crippen molar-refractivity contribution >= 4 is 11.9 Å². The minimum Gasteiger partial charge on any atom is -0.481 e. The van der Waals surface area contributed by atoms with Gasteiger partial charge in [0.05, 0.1) is 11.8 Å². The van der Waals surface area contributed by atoms with Gasteiger partial charge >= 0.3 is 5.97 Å². The Kier molecular flexibility index (Phi) is 5.17. The molecular weight excluding hydrogens is 309 g/mol. The van der Waals surface area contributed by atoms with Crippen molar-refractivity contribution in [3.8, 4) is 0 Å². The molecule has 1 amide bonds. The van der Waals surface area contributed by atoms with E-state index in [2.05, 4.69) is 0 Å². The zero-order chi connectivity index (χ0) is 17.1. The lowest BCUT2D eigenvalue weighted by Gasteiger charge is -2.41. The van der Waals surface area contributed by atoms with E-state index in [0.29, 0.717) is 19.4 Å². The van der Waals surface area contributed by atoms with E-state index >= 15 is 0 Å². The molecular formula is C19H24FNO3. The molecule has 2 saturated carbocycles. The van der Waals surface area contributed by atoms with Crippen molar-refractivity contribution in [1.29, 1.82) is 0 Å². The molecule has 3 rings (SSSR count). The molecule has 0 aromatic heterocycles. The fourth-order valence-corrected chi connectivity index (χ4v) is 3.87. The lowest BCUT2D eigenvalue weighted by Crippen LogP contribution is -2.49. The second kappa shape index (κ2) is 7.32. The van der Waals surface area contributed by atoms with Gasteiger partial charge in [-0.15, -0.1) is 0 Å². The maximum atomic E-state index is 13.1. The second-order valence-corrected chi connectivity index (χ2v) is 7.01. The summed E-state index contributed by atoms with van der Waals surface area (Å²) >= 11 is 0. The zero-order valence-electron chi connectivity index (χ0n) is 13.8. The molecule has 0 spiro atoms. The van der Waals surface area contributed by atoms with E-state index in [1.165, 1.54) is 18.6 Å². The standard InChI is InChI=1S/C19H24FNO3/c20-14-8-6-13(7-9-14)12-21(15-4-2-1-3-5-15)18(22)16-10-11-17(16)19(23)24/h6-9,15-17H,1-5,10-12H2,(H,23,24). The summed E-state index contributed by atoms with van der Waals surface area (Å²) in [7, 11) is 0. The summed E-state index contributed by atoms with van der Waals surface area (Å²) in [6.07, 6.45) is 6.57. The monoisotopic (exact) mass is 333 g/mol. The second-order valence-electron chi connectivity index (χ2n) is 7.01. The van der Waals surface area contributed by atoms with Crippen molar-refractivity contribution < 1.29 is 19.1 Å². The van der Waals surface area contributed by atoms with E-state index in [-0.39, 0.29) is 17.8 Å². The molecule has 5 heteroatoms. The van der Waals surface area contributed by atoms with Crippen molar-refractivity contribution in [3.63, 3.8) is 0 Å². The van der Waals surface area contributed by atoms with Gasteiger partial charge in [0.15, 0.2) is 0 Å². The Labute approximate surface area is 141 Å².